The fraction of sp³-hybridized carbons (Fsp3) is 0.389. The van der Waals surface area contributed by atoms with E-state index in [1.807, 2.05) is 51.2 Å². The van der Waals surface area contributed by atoms with Crippen LogP contribution in [0.3, 0.4) is 0 Å². The molecule has 1 aromatic heterocycles. The Morgan fingerprint density at radius 1 is 1.25 bits per heavy atom. The van der Waals surface area contributed by atoms with E-state index in [0.29, 0.717) is 0 Å². The Hall–Kier alpha value is -2.63. The lowest BCUT2D eigenvalue weighted by Gasteiger charge is -2.25. The number of hydrogen-bond donors (Lipinski definition) is 1. The quantitative estimate of drug-likeness (QED) is 0.876. The number of likely N-dealkylation sites (N-methyl/N-ethyl adjacent to an activating group) is 1. The summed E-state index contributed by atoms with van der Waals surface area (Å²) in [5, 5.41) is 13.8. The zero-order chi connectivity index (χ0) is 17.9. The number of aryl methyl sites for hydroxylation is 2. The minimum absolute atomic E-state index is 0.153. The van der Waals surface area contributed by atoms with Crippen molar-refractivity contribution in [3.63, 3.8) is 0 Å². The minimum Gasteiger partial charge on any atom is -0.480 e. The Morgan fingerprint density at radius 2 is 1.88 bits per heavy atom. The molecule has 0 spiro atoms. The van der Waals surface area contributed by atoms with E-state index in [-0.39, 0.29) is 18.7 Å². The van der Waals surface area contributed by atoms with Crippen LogP contribution in [0.15, 0.2) is 30.3 Å². The monoisotopic (exact) mass is 329 g/mol. The van der Waals surface area contributed by atoms with Crippen molar-refractivity contribution in [3.05, 3.63) is 52.8 Å². The summed E-state index contributed by atoms with van der Waals surface area (Å²) < 4.78 is 1.73. The Labute approximate surface area is 141 Å². The SMILES string of the molecule is Cc1nn(C)c(C)c1CC(=O)N(C)C(Cc1ccccc1)C(=O)O. The second-order valence-corrected chi connectivity index (χ2v) is 6.00. The van der Waals surface area contributed by atoms with Crippen molar-refractivity contribution < 1.29 is 14.7 Å². The highest BCUT2D eigenvalue weighted by Crippen LogP contribution is 2.15. The Morgan fingerprint density at radius 3 is 2.38 bits per heavy atom. The number of nitrogens with zero attached hydrogens (tertiary/aromatic N) is 3. The van der Waals surface area contributed by atoms with Gasteiger partial charge in [-0.05, 0) is 19.4 Å². The predicted molar refractivity (Wildman–Crippen MR) is 90.7 cm³/mol. The highest BCUT2D eigenvalue weighted by atomic mass is 16.4. The second-order valence-electron chi connectivity index (χ2n) is 6.00. The second kappa shape index (κ2) is 7.29. The average Bonchev–Trinajstić information content (AvgIpc) is 2.79. The van der Waals surface area contributed by atoms with E-state index in [4.69, 9.17) is 0 Å². The molecule has 2 aromatic rings. The topological polar surface area (TPSA) is 75.4 Å². The molecule has 24 heavy (non-hydrogen) atoms. The van der Waals surface area contributed by atoms with E-state index >= 15 is 0 Å². The third kappa shape index (κ3) is 3.82. The van der Waals surface area contributed by atoms with Crippen molar-refractivity contribution in [3.8, 4) is 0 Å². The van der Waals surface area contributed by atoms with Gasteiger partial charge in [0.05, 0.1) is 12.1 Å². The van der Waals surface area contributed by atoms with Crippen LogP contribution in [0.1, 0.15) is 22.5 Å². The number of rotatable bonds is 6. The molecule has 1 amide bonds. The Kier molecular flexibility index (Phi) is 5.39. The molecule has 6 nitrogen and oxygen atoms in total. The van der Waals surface area contributed by atoms with Crippen LogP contribution >= 0.6 is 0 Å². The lowest BCUT2D eigenvalue weighted by atomic mass is 10.0. The first kappa shape index (κ1) is 17.7. The maximum Gasteiger partial charge on any atom is 0.326 e. The molecule has 0 bridgehead atoms. The van der Waals surface area contributed by atoms with Crippen LogP contribution in [0.2, 0.25) is 0 Å². The number of carbonyl (C=O) groups excluding carboxylic acids is 1. The lowest BCUT2D eigenvalue weighted by molar-refractivity contribution is -0.148. The third-order valence-electron chi connectivity index (χ3n) is 4.40. The number of aromatic nitrogens is 2. The van der Waals surface area contributed by atoms with Gasteiger partial charge in [0.15, 0.2) is 0 Å². The standard InChI is InChI=1S/C18H23N3O3/c1-12-15(13(2)21(4)19-12)11-17(22)20(3)16(18(23)24)10-14-8-6-5-7-9-14/h5-9,16H,10-11H2,1-4H3,(H,23,24). The van der Waals surface area contributed by atoms with Crippen molar-refractivity contribution in [2.75, 3.05) is 7.05 Å². The summed E-state index contributed by atoms with van der Waals surface area (Å²) in [7, 11) is 3.38. The summed E-state index contributed by atoms with van der Waals surface area (Å²) in [6.45, 7) is 3.76. The Bertz CT molecular complexity index is 737. The molecular formula is C18H23N3O3. The van der Waals surface area contributed by atoms with Crippen molar-refractivity contribution in [2.24, 2.45) is 7.05 Å². The van der Waals surface area contributed by atoms with Crippen LogP contribution in [0, 0.1) is 13.8 Å². The largest absolute Gasteiger partial charge is 0.480 e. The number of amides is 1. The van der Waals surface area contributed by atoms with Crippen molar-refractivity contribution >= 4 is 11.9 Å². The van der Waals surface area contributed by atoms with Gasteiger partial charge in [0.1, 0.15) is 6.04 Å². The van der Waals surface area contributed by atoms with Crippen LogP contribution in [-0.2, 0) is 29.5 Å². The van der Waals surface area contributed by atoms with Crippen LogP contribution in [-0.4, -0.2) is 44.8 Å². The van der Waals surface area contributed by atoms with Gasteiger partial charge in [-0.2, -0.15) is 5.10 Å². The normalized spacial score (nSPS) is 12.0. The third-order valence-corrected chi connectivity index (χ3v) is 4.40. The maximum atomic E-state index is 12.6. The van der Waals surface area contributed by atoms with Crippen LogP contribution in [0.5, 0.6) is 0 Å². The number of aliphatic carboxylic acids is 1. The highest BCUT2D eigenvalue weighted by molar-refractivity contribution is 5.85. The molecular weight excluding hydrogens is 306 g/mol. The van der Waals surface area contributed by atoms with Gasteiger partial charge in [0, 0.05) is 31.8 Å². The number of carboxylic acids is 1. The number of hydrogen-bond acceptors (Lipinski definition) is 3. The zero-order valence-corrected chi connectivity index (χ0v) is 14.5. The molecule has 1 N–H and O–H groups in total. The lowest BCUT2D eigenvalue weighted by Crippen LogP contribution is -2.44. The van der Waals surface area contributed by atoms with Gasteiger partial charge in [0.25, 0.3) is 0 Å². The molecule has 128 valence electrons. The summed E-state index contributed by atoms with van der Waals surface area (Å²) in [5.74, 6) is -1.23. The van der Waals surface area contributed by atoms with Gasteiger partial charge in [-0.3, -0.25) is 9.48 Å². The van der Waals surface area contributed by atoms with Gasteiger partial charge in [-0.15, -0.1) is 0 Å². The van der Waals surface area contributed by atoms with E-state index < -0.39 is 12.0 Å². The molecule has 2 rings (SSSR count). The van der Waals surface area contributed by atoms with Gasteiger partial charge in [0.2, 0.25) is 5.91 Å². The van der Waals surface area contributed by atoms with Gasteiger partial charge >= 0.3 is 5.97 Å². The number of carboxylic acid groups (broad SMARTS) is 1. The molecule has 1 heterocycles. The first-order chi connectivity index (χ1) is 11.3. The molecule has 1 atom stereocenters. The fourth-order valence-corrected chi connectivity index (χ4v) is 2.75. The van der Waals surface area contributed by atoms with Crippen molar-refractivity contribution in [1.82, 2.24) is 14.7 Å². The first-order valence-corrected chi connectivity index (χ1v) is 7.82. The summed E-state index contributed by atoms with van der Waals surface area (Å²) in [6, 6.07) is 8.43. The molecule has 6 heteroatoms. The van der Waals surface area contributed by atoms with Crippen LogP contribution in [0.4, 0.5) is 0 Å². The summed E-state index contributed by atoms with van der Waals surface area (Å²) in [4.78, 5) is 25.5. The Balaban J connectivity index is 2.15. The average molecular weight is 329 g/mol. The van der Waals surface area contributed by atoms with Crippen LogP contribution in [0.25, 0.3) is 0 Å². The molecule has 0 saturated heterocycles. The van der Waals surface area contributed by atoms with Crippen LogP contribution < -0.4 is 0 Å². The van der Waals surface area contributed by atoms with Gasteiger partial charge in [-0.25, -0.2) is 4.79 Å². The van der Waals surface area contributed by atoms with Gasteiger partial charge < -0.3 is 10.0 Å². The first-order valence-electron chi connectivity index (χ1n) is 7.82. The molecule has 0 aliphatic rings. The maximum absolute atomic E-state index is 12.6. The molecule has 1 aromatic carbocycles. The van der Waals surface area contributed by atoms with E-state index in [1.165, 1.54) is 4.90 Å². The molecule has 0 aliphatic heterocycles. The van der Waals surface area contributed by atoms with E-state index in [1.54, 1.807) is 11.7 Å². The fourth-order valence-electron chi connectivity index (χ4n) is 2.75. The van der Waals surface area contributed by atoms with Crippen molar-refractivity contribution in [2.45, 2.75) is 32.7 Å². The van der Waals surface area contributed by atoms with Gasteiger partial charge in [-0.1, -0.05) is 30.3 Å². The van der Waals surface area contributed by atoms with E-state index in [2.05, 4.69) is 5.10 Å². The minimum atomic E-state index is -1.01. The van der Waals surface area contributed by atoms with E-state index in [0.717, 1.165) is 22.5 Å². The molecule has 0 radical (unpaired) electrons. The van der Waals surface area contributed by atoms with E-state index in [9.17, 15) is 14.7 Å². The summed E-state index contributed by atoms with van der Waals surface area (Å²) >= 11 is 0. The molecule has 1 unspecified atom stereocenters. The molecule has 0 saturated carbocycles. The van der Waals surface area contributed by atoms with Crippen molar-refractivity contribution in [1.29, 1.82) is 0 Å². The summed E-state index contributed by atoms with van der Waals surface area (Å²) in [6.07, 6.45) is 0.435. The number of benzene rings is 1. The predicted octanol–water partition coefficient (Wildman–Crippen LogP) is 1.73. The zero-order valence-electron chi connectivity index (χ0n) is 14.5. The molecule has 0 fully saturated rings. The number of carbonyl (C=O) groups is 2. The molecule has 0 aliphatic carbocycles. The highest BCUT2D eigenvalue weighted by Gasteiger charge is 2.27. The smallest absolute Gasteiger partial charge is 0.326 e. The summed E-state index contributed by atoms with van der Waals surface area (Å²) in [5.41, 5.74) is 3.47.